The van der Waals surface area contributed by atoms with Gasteiger partial charge in [-0.3, -0.25) is 9.59 Å². The van der Waals surface area contributed by atoms with Crippen LogP contribution in [-0.2, 0) is 16.1 Å². The molecule has 2 aromatic carbocycles. The highest BCUT2D eigenvalue weighted by Gasteiger charge is 2.27. The predicted molar refractivity (Wildman–Crippen MR) is 118 cm³/mol. The molecular formula is C23H29ClN2O4. The SMILES string of the molecule is CC[C@@H](C)NC(=O)[C@@H](C)N(Cc1ccc(OC)cc1)C(=O)COc1ccc(Cl)cc1. The molecule has 0 unspecified atom stereocenters. The average molecular weight is 433 g/mol. The van der Waals surface area contributed by atoms with Gasteiger partial charge in [-0.15, -0.1) is 0 Å². The van der Waals surface area contributed by atoms with Crippen LogP contribution < -0.4 is 14.8 Å². The third kappa shape index (κ3) is 6.95. The Bertz CT molecular complexity index is 824. The first-order chi connectivity index (χ1) is 14.3. The van der Waals surface area contributed by atoms with Gasteiger partial charge in [-0.25, -0.2) is 0 Å². The maximum atomic E-state index is 13.0. The fourth-order valence-corrected chi connectivity index (χ4v) is 2.86. The van der Waals surface area contributed by atoms with Gasteiger partial charge in [0.05, 0.1) is 7.11 Å². The minimum absolute atomic E-state index is 0.0307. The molecule has 0 aromatic heterocycles. The first-order valence-corrected chi connectivity index (χ1v) is 10.3. The van der Waals surface area contributed by atoms with Crippen molar-refractivity contribution in [2.75, 3.05) is 13.7 Å². The number of nitrogens with one attached hydrogen (secondary N) is 1. The molecule has 162 valence electrons. The number of halogens is 1. The molecule has 1 N–H and O–H groups in total. The Morgan fingerprint density at radius 1 is 1.03 bits per heavy atom. The van der Waals surface area contributed by atoms with Crippen LogP contribution in [0.15, 0.2) is 48.5 Å². The number of benzene rings is 2. The maximum absolute atomic E-state index is 13.0. The van der Waals surface area contributed by atoms with Crippen molar-refractivity contribution in [1.29, 1.82) is 0 Å². The topological polar surface area (TPSA) is 67.9 Å². The lowest BCUT2D eigenvalue weighted by atomic mass is 10.1. The summed E-state index contributed by atoms with van der Waals surface area (Å²) in [6.07, 6.45) is 0.810. The van der Waals surface area contributed by atoms with Crippen LogP contribution in [0.2, 0.25) is 5.02 Å². The lowest BCUT2D eigenvalue weighted by Crippen LogP contribution is -2.50. The van der Waals surface area contributed by atoms with E-state index in [1.54, 1.807) is 38.3 Å². The Balaban J connectivity index is 2.14. The lowest BCUT2D eigenvalue weighted by Gasteiger charge is -2.29. The van der Waals surface area contributed by atoms with Gasteiger partial charge in [0.15, 0.2) is 6.61 Å². The molecule has 0 saturated heterocycles. The summed E-state index contributed by atoms with van der Waals surface area (Å²) < 4.78 is 10.8. The number of amides is 2. The number of hydrogen-bond acceptors (Lipinski definition) is 4. The summed E-state index contributed by atoms with van der Waals surface area (Å²) in [6, 6.07) is 13.6. The first-order valence-electron chi connectivity index (χ1n) is 9.95. The van der Waals surface area contributed by atoms with E-state index in [9.17, 15) is 9.59 Å². The van der Waals surface area contributed by atoms with Gasteiger partial charge < -0.3 is 19.7 Å². The van der Waals surface area contributed by atoms with Gasteiger partial charge in [-0.2, -0.15) is 0 Å². The average Bonchev–Trinajstić information content (AvgIpc) is 2.76. The van der Waals surface area contributed by atoms with E-state index in [2.05, 4.69) is 5.32 Å². The van der Waals surface area contributed by atoms with Crippen molar-refractivity contribution < 1.29 is 19.1 Å². The van der Waals surface area contributed by atoms with Crippen LogP contribution in [0.1, 0.15) is 32.8 Å². The molecule has 2 atom stereocenters. The molecule has 0 aliphatic heterocycles. The monoisotopic (exact) mass is 432 g/mol. The van der Waals surface area contributed by atoms with Crippen molar-refractivity contribution >= 4 is 23.4 Å². The highest BCUT2D eigenvalue weighted by molar-refractivity contribution is 6.30. The number of rotatable bonds is 10. The smallest absolute Gasteiger partial charge is 0.261 e. The molecule has 2 rings (SSSR count). The van der Waals surface area contributed by atoms with E-state index in [1.165, 1.54) is 4.90 Å². The minimum Gasteiger partial charge on any atom is -0.497 e. The van der Waals surface area contributed by atoms with E-state index >= 15 is 0 Å². The van der Waals surface area contributed by atoms with Crippen molar-refractivity contribution in [1.82, 2.24) is 10.2 Å². The summed E-state index contributed by atoms with van der Waals surface area (Å²) in [5, 5.41) is 3.53. The van der Waals surface area contributed by atoms with Crippen LogP contribution in [0, 0.1) is 0 Å². The van der Waals surface area contributed by atoms with Crippen molar-refractivity contribution in [3.8, 4) is 11.5 Å². The Morgan fingerprint density at radius 3 is 2.20 bits per heavy atom. The summed E-state index contributed by atoms with van der Waals surface area (Å²) in [5.41, 5.74) is 0.888. The number of hydrogen-bond donors (Lipinski definition) is 1. The van der Waals surface area contributed by atoms with Crippen molar-refractivity contribution in [3.63, 3.8) is 0 Å². The molecule has 2 aromatic rings. The number of methoxy groups -OCH3 is 1. The largest absolute Gasteiger partial charge is 0.497 e. The van der Waals surface area contributed by atoms with Gasteiger partial charge >= 0.3 is 0 Å². The molecular weight excluding hydrogens is 404 g/mol. The summed E-state index contributed by atoms with van der Waals surface area (Å²) >= 11 is 5.88. The number of nitrogens with zero attached hydrogens (tertiary/aromatic N) is 1. The second-order valence-electron chi connectivity index (χ2n) is 7.11. The molecule has 0 heterocycles. The molecule has 0 spiro atoms. The molecule has 7 heteroatoms. The third-order valence-electron chi connectivity index (χ3n) is 4.86. The fourth-order valence-electron chi connectivity index (χ4n) is 2.73. The van der Waals surface area contributed by atoms with Gasteiger partial charge in [0, 0.05) is 17.6 Å². The van der Waals surface area contributed by atoms with E-state index in [4.69, 9.17) is 21.1 Å². The lowest BCUT2D eigenvalue weighted by molar-refractivity contribution is -0.142. The Kier molecular flexibility index (Phi) is 8.99. The Morgan fingerprint density at radius 2 is 1.63 bits per heavy atom. The summed E-state index contributed by atoms with van der Waals surface area (Å²) in [4.78, 5) is 27.2. The van der Waals surface area contributed by atoms with Crippen molar-refractivity contribution in [2.45, 2.75) is 45.8 Å². The van der Waals surface area contributed by atoms with Gasteiger partial charge in [-0.05, 0) is 62.2 Å². The minimum atomic E-state index is -0.651. The zero-order valence-corrected chi connectivity index (χ0v) is 18.6. The molecule has 6 nitrogen and oxygen atoms in total. The van der Waals surface area contributed by atoms with Crippen LogP contribution in [0.4, 0.5) is 0 Å². The van der Waals surface area contributed by atoms with E-state index in [0.29, 0.717) is 10.8 Å². The van der Waals surface area contributed by atoms with Crippen LogP contribution in [0.3, 0.4) is 0 Å². The molecule has 0 bridgehead atoms. The van der Waals surface area contributed by atoms with Crippen molar-refractivity contribution in [3.05, 3.63) is 59.1 Å². The zero-order chi connectivity index (χ0) is 22.1. The molecule has 30 heavy (non-hydrogen) atoms. The number of carbonyl (C=O) groups is 2. The molecule has 0 aliphatic carbocycles. The van der Waals surface area contributed by atoms with Crippen LogP contribution in [0.5, 0.6) is 11.5 Å². The number of ether oxygens (including phenoxy) is 2. The highest BCUT2D eigenvalue weighted by atomic mass is 35.5. The first kappa shape index (κ1) is 23.5. The summed E-state index contributed by atoms with van der Waals surface area (Å²) in [7, 11) is 1.60. The van der Waals surface area contributed by atoms with Gasteiger partial charge in [0.2, 0.25) is 5.91 Å². The van der Waals surface area contributed by atoms with Gasteiger partial charge in [0.1, 0.15) is 17.5 Å². The van der Waals surface area contributed by atoms with E-state index < -0.39 is 6.04 Å². The molecule has 0 radical (unpaired) electrons. The Hall–Kier alpha value is -2.73. The summed E-state index contributed by atoms with van der Waals surface area (Å²) in [5.74, 6) is 0.782. The molecule has 2 amide bonds. The zero-order valence-electron chi connectivity index (χ0n) is 17.9. The van der Waals surface area contributed by atoms with E-state index in [-0.39, 0.29) is 31.0 Å². The van der Waals surface area contributed by atoms with E-state index in [1.807, 2.05) is 38.1 Å². The number of carbonyl (C=O) groups excluding carboxylic acids is 2. The maximum Gasteiger partial charge on any atom is 0.261 e. The standard InChI is InChI=1S/C23H29ClN2O4/c1-5-16(2)25-23(28)17(3)26(14-18-6-10-20(29-4)11-7-18)22(27)15-30-21-12-8-19(24)9-13-21/h6-13,16-17H,5,14-15H2,1-4H3,(H,25,28)/t16-,17-/m1/s1. The van der Waals surface area contributed by atoms with Gasteiger partial charge in [-0.1, -0.05) is 30.7 Å². The second kappa shape index (κ2) is 11.5. The van der Waals surface area contributed by atoms with Crippen molar-refractivity contribution in [2.24, 2.45) is 0 Å². The normalized spacial score (nSPS) is 12.6. The highest BCUT2D eigenvalue weighted by Crippen LogP contribution is 2.17. The molecule has 0 aliphatic rings. The molecule has 0 saturated carbocycles. The van der Waals surface area contributed by atoms with Crippen LogP contribution >= 0.6 is 11.6 Å². The van der Waals surface area contributed by atoms with Crippen LogP contribution in [-0.4, -0.2) is 42.5 Å². The predicted octanol–water partition coefficient (Wildman–Crippen LogP) is 4.06. The van der Waals surface area contributed by atoms with Gasteiger partial charge in [0.25, 0.3) is 5.91 Å². The quantitative estimate of drug-likeness (QED) is 0.614. The second-order valence-corrected chi connectivity index (χ2v) is 7.54. The van der Waals surface area contributed by atoms with E-state index in [0.717, 1.165) is 17.7 Å². The molecule has 0 fully saturated rings. The van der Waals surface area contributed by atoms with Crippen LogP contribution in [0.25, 0.3) is 0 Å². The fraction of sp³-hybridized carbons (Fsp3) is 0.391. The Labute approximate surface area is 183 Å². The third-order valence-corrected chi connectivity index (χ3v) is 5.11. The summed E-state index contributed by atoms with van der Waals surface area (Å²) in [6.45, 7) is 5.75.